The molecule has 0 spiro atoms. The molecule has 21 heavy (non-hydrogen) atoms. The molecular formula is C14H11NO6. The molecule has 1 heterocycles. The largest absolute Gasteiger partial charge is 0.496 e. The van der Waals surface area contributed by atoms with Gasteiger partial charge in [0.15, 0.2) is 0 Å². The molecule has 0 amide bonds. The van der Waals surface area contributed by atoms with Gasteiger partial charge in [-0.15, -0.1) is 0 Å². The first-order valence-electron chi connectivity index (χ1n) is 5.86. The second-order valence-electron chi connectivity index (χ2n) is 3.86. The molecule has 0 atom stereocenters. The van der Waals surface area contributed by atoms with E-state index >= 15 is 0 Å². The first-order valence-corrected chi connectivity index (χ1v) is 5.86. The van der Waals surface area contributed by atoms with Crippen LogP contribution in [0.3, 0.4) is 0 Å². The number of nitro groups is 1. The average molecular weight is 289 g/mol. The molecule has 0 aliphatic heterocycles. The monoisotopic (exact) mass is 289 g/mol. The predicted molar refractivity (Wildman–Crippen MR) is 73.0 cm³/mol. The summed E-state index contributed by atoms with van der Waals surface area (Å²) in [5.74, 6) is -0.140. The van der Waals surface area contributed by atoms with Crippen molar-refractivity contribution in [3.8, 4) is 11.5 Å². The quantitative estimate of drug-likeness (QED) is 0.276. The van der Waals surface area contributed by atoms with Gasteiger partial charge in [-0.05, 0) is 30.3 Å². The lowest BCUT2D eigenvalue weighted by Crippen LogP contribution is -2.06. The third-order valence-corrected chi connectivity index (χ3v) is 2.50. The Balaban J connectivity index is 2.15. The Morgan fingerprint density at radius 1 is 1.38 bits per heavy atom. The van der Waals surface area contributed by atoms with E-state index in [-0.39, 0.29) is 11.4 Å². The van der Waals surface area contributed by atoms with Crippen LogP contribution in [0.15, 0.2) is 47.1 Å². The minimum atomic E-state index is -0.750. The number of methoxy groups -OCH3 is 1. The molecule has 0 N–H and O–H groups in total. The highest BCUT2D eigenvalue weighted by Gasteiger charge is 2.18. The fourth-order valence-corrected chi connectivity index (χ4v) is 1.53. The van der Waals surface area contributed by atoms with Crippen LogP contribution in [0.25, 0.3) is 6.08 Å². The summed E-state index contributed by atoms with van der Waals surface area (Å²) >= 11 is 0. The molecule has 1 aromatic heterocycles. The minimum absolute atomic E-state index is 0.158. The number of ether oxygens (including phenoxy) is 2. The van der Waals surface area contributed by atoms with E-state index in [0.29, 0.717) is 11.5 Å². The summed E-state index contributed by atoms with van der Waals surface area (Å²) in [5, 5.41) is 10.9. The number of rotatable bonds is 5. The number of carbonyl (C=O) groups excluding carboxylic acids is 1. The molecule has 108 valence electrons. The van der Waals surface area contributed by atoms with Crippen molar-refractivity contribution >= 4 is 17.7 Å². The molecule has 0 fully saturated rings. The van der Waals surface area contributed by atoms with Gasteiger partial charge >= 0.3 is 11.7 Å². The van der Waals surface area contributed by atoms with E-state index in [4.69, 9.17) is 13.9 Å². The lowest BCUT2D eigenvalue weighted by atomic mass is 10.3. The van der Waals surface area contributed by atoms with Crippen molar-refractivity contribution in [1.82, 2.24) is 0 Å². The number of benzene rings is 1. The molecule has 2 rings (SSSR count). The highest BCUT2D eigenvalue weighted by atomic mass is 16.6. The van der Waals surface area contributed by atoms with Gasteiger partial charge in [-0.3, -0.25) is 10.1 Å². The smallest absolute Gasteiger partial charge is 0.336 e. The zero-order valence-corrected chi connectivity index (χ0v) is 11.0. The van der Waals surface area contributed by atoms with Crippen LogP contribution in [-0.4, -0.2) is 18.0 Å². The Morgan fingerprint density at radius 2 is 2.19 bits per heavy atom. The van der Waals surface area contributed by atoms with Crippen LogP contribution in [0, 0.1) is 10.1 Å². The molecule has 0 saturated heterocycles. The van der Waals surface area contributed by atoms with E-state index in [0.717, 1.165) is 6.08 Å². The van der Waals surface area contributed by atoms with Crippen molar-refractivity contribution in [1.29, 1.82) is 0 Å². The molecule has 0 aliphatic carbocycles. The number of nitro benzene ring substituents is 1. The Hall–Kier alpha value is -3.09. The molecule has 0 bridgehead atoms. The van der Waals surface area contributed by atoms with Gasteiger partial charge in [-0.1, -0.05) is 0 Å². The van der Waals surface area contributed by atoms with E-state index < -0.39 is 10.9 Å². The molecule has 2 aromatic rings. The van der Waals surface area contributed by atoms with Crippen LogP contribution < -0.4 is 9.47 Å². The first kappa shape index (κ1) is 14.3. The molecule has 0 saturated carbocycles. The summed E-state index contributed by atoms with van der Waals surface area (Å²) in [6.07, 6.45) is 3.98. The van der Waals surface area contributed by atoms with E-state index in [1.54, 1.807) is 12.1 Å². The molecule has 1 aromatic carbocycles. The SMILES string of the molecule is COc1ccc(OC(=O)/C=C/c2ccco2)c([N+](=O)[O-])c1. The Bertz CT molecular complexity index is 675. The Kier molecular flexibility index (Phi) is 4.35. The van der Waals surface area contributed by atoms with Gasteiger partial charge < -0.3 is 13.9 Å². The van der Waals surface area contributed by atoms with Gasteiger partial charge in [0.2, 0.25) is 5.75 Å². The number of esters is 1. The van der Waals surface area contributed by atoms with Crippen molar-refractivity contribution in [3.63, 3.8) is 0 Å². The van der Waals surface area contributed by atoms with Crippen LogP contribution in [0.2, 0.25) is 0 Å². The van der Waals surface area contributed by atoms with Crippen molar-refractivity contribution in [3.05, 3.63) is 58.5 Å². The first-order chi connectivity index (χ1) is 10.1. The number of carbonyl (C=O) groups is 1. The van der Waals surface area contributed by atoms with Gasteiger partial charge in [0.1, 0.15) is 11.5 Å². The summed E-state index contributed by atoms with van der Waals surface area (Å²) < 4.78 is 14.8. The number of hydrogen-bond acceptors (Lipinski definition) is 6. The average Bonchev–Trinajstić information content (AvgIpc) is 2.98. The highest BCUT2D eigenvalue weighted by molar-refractivity contribution is 5.88. The standard InChI is InChI=1S/C14H11NO6/c1-19-11-4-6-13(12(9-11)15(17)18)21-14(16)7-5-10-3-2-8-20-10/h2-9H,1H3/b7-5+. The normalized spacial score (nSPS) is 10.5. The second kappa shape index (κ2) is 6.38. The Morgan fingerprint density at radius 3 is 2.81 bits per heavy atom. The van der Waals surface area contributed by atoms with Crippen LogP contribution in [0.4, 0.5) is 5.69 Å². The maximum atomic E-state index is 11.6. The van der Waals surface area contributed by atoms with Crippen LogP contribution >= 0.6 is 0 Å². The van der Waals surface area contributed by atoms with E-state index in [9.17, 15) is 14.9 Å². The van der Waals surface area contributed by atoms with Crippen LogP contribution in [0.5, 0.6) is 11.5 Å². The maximum Gasteiger partial charge on any atom is 0.336 e. The third-order valence-electron chi connectivity index (χ3n) is 2.50. The van der Waals surface area contributed by atoms with Crippen LogP contribution in [-0.2, 0) is 4.79 Å². The number of furan rings is 1. The lowest BCUT2D eigenvalue weighted by Gasteiger charge is -2.04. The van der Waals surface area contributed by atoms with Crippen molar-refractivity contribution in [2.45, 2.75) is 0 Å². The van der Waals surface area contributed by atoms with Gasteiger partial charge in [0.05, 0.1) is 24.4 Å². The third kappa shape index (κ3) is 3.69. The van der Waals surface area contributed by atoms with E-state index in [1.165, 1.54) is 37.6 Å². The molecule has 0 radical (unpaired) electrons. The molecule has 7 heteroatoms. The molecule has 0 aliphatic rings. The van der Waals surface area contributed by atoms with Crippen LogP contribution in [0.1, 0.15) is 5.76 Å². The van der Waals surface area contributed by atoms with Crippen molar-refractivity contribution < 1.29 is 23.6 Å². The van der Waals surface area contributed by atoms with Gasteiger partial charge in [0, 0.05) is 6.08 Å². The van der Waals surface area contributed by atoms with E-state index in [1.807, 2.05) is 0 Å². The summed E-state index contributed by atoms with van der Waals surface area (Å²) in [5.41, 5.74) is -0.353. The summed E-state index contributed by atoms with van der Waals surface area (Å²) in [4.78, 5) is 21.9. The second-order valence-corrected chi connectivity index (χ2v) is 3.86. The lowest BCUT2D eigenvalue weighted by molar-refractivity contribution is -0.385. The Labute approximate surface area is 119 Å². The summed E-state index contributed by atoms with van der Waals surface area (Å²) in [6.45, 7) is 0. The maximum absolute atomic E-state index is 11.6. The summed E-state index contributed by atoms with van der Waals surface area (Å²) in [7, 11) is 1.39. The number of hydrogen-bond donors (Lipinski definition) is 0. The van der Waals surface area contributed by atoms with Gasteiger partial charge in [-0.2, -0.15) is 0 Å². The zero-order valence-electron chi connectivity index (χ0n) is 11.0. The van der Waals surface area contributed by atoms with Gasteiger partial charge in [0.25, 0.3) is 0 Å². The predicted octanol–water partition coefficient (Wildman–Crippen LogP) is 2.82. The summed E-state index contributed by atoms with van der Waals surface area (Å²) in [6, 6.07) is 7.26. The topological polar surface area (TPSA) is 91.8 Å². The highest BCUT2D eigenvalue weighted by Crippen LogP contribution is 2.31. The fraction of sp³-hybridized carbons (Fsp3) is 0.0714. The van der Waals surface area contributed by atoms with E-state index in [2.05, 4.69) is 0 Å². The van der Waals surface area contributed by atoms with Crippen molar-refractivity contribution in [2.24, 2.45) is 0 Å². The minimum Gasteiger partial charge on any atom is -0.496 e. The molecule has 7 nitrogen and oxygen atoms in total. The fourth-order valence-electron chi connectivity index (χ4n) is 1.53. The van der Waals surface area contributed by atoms with Crippen molar-refractivity contribution in [2.75, 3.05) is 7.11 Å². The molecular weight excluding hydrogens is 278 g/mol. The molecule has 0 unspecified atom stereocenters. The van der Waals surface area contributed by atoms with Gasteiger partial charge in [-0.25, -0.2) is 4.79 Å². The zero-order chi connectivity index (χ0) is 15.2. The number of nitrogens with zero attached hydrogens (tertiary/aromatic N) is 1.